The van der Waals surface area contributed by atoms with Gasteiger partial charge < -0.3 is 20.4 Å². The molecule has 3 N–H and O–H groups in total. The monoisotopic (exact) mass is 296 g/mol. The van der Waals surface area contributed by atoms with Gasteiger partial charge in [0.05, 0.1) is 6.07 Å². The maximum absolute atomic E-state index is 12.4. The van der Waals surface area contributed by atoms with E-state index in [2.05, 4.69) is 5.32 Å². The Balaban J connectivity index is 2.19. The van der Waals surface area contributed by atoms with Crippen LogP contribution in [0.5, 0.6) is 0 Å². The average Bonchev–Trinajstić information content (AvgIpc) is 2.95. The first-order chi connectivity index (χ1) is 9.99. The summed E-state index contributed by atoms with van der Waals surface area (Å²) < 4.78 is 4.90. The minimum Gasteiger partial charge on any atom is -0.395 e. The molecule has 0 radical (unpaired) electrons. The predicted octanol–water partition coefficient (Wildman–Crippen LogP) is -0.133. The van der Waals surface area contributed by atoms with Gasteiger partial charge in [0.2, 0.25) is 5.91 Å². The van der Waals surface area contributed by atoms with E-state index in [4.69, 9.17) is 10.2 Å². The molecule has 0 aliphatic carbocycles. The molecule has 9 nitrogen and oxygen atoms in total. The van der Waals surface area contributed by atoms with Crippen LogP contribution in [-0.2, 0) is 4.79 Å². The molecule has 0 unspecified atom stereocenters. The number of nitro groups is 1. The van der Waals surface area contributed by atoms with Crippen molar-refractivity contribution in [3.05, 3.63) is 28.0 Å². The zero-order valence-corrected chi connectivity index (χ0v) is 11.3. The second-order valence-electron chi connectivity index (χ2n) is 4.78. The predicted molar refractivity (Wildman–Crippen MR) is 71.5 cm³/mol. The summed E-state index contributed by atoms with van der Waals surface area (Å²) in [5.41, 5.74) is 5.18. The molecule has 114 valence electrons. The Hall–Kier alpha value is -2.42. The van der Waals surface area contributed by atoms with Crippen LogP contribution in [0.15, 0.2) is 16.5 Å². The van der Waals surface area contributed by atoms with Gasteiger partial charge in [-0.1, -0.05) is 0 Å². The summed E-state index contributed by atoms with van der Waals surface area (Å²) in [6, 6.07) is 2.20. The van der Waals surface area contributed by atoms with Crippen LogP contribution in [0, 0.1) is 10.1 Å². The van der Waals surface area contributed by atoms with Gasteiger partial charge in [-0.05, 0) is 32.0 Å². The molecule has 2 amide bonds. The van der Waals surface area contributed by atoms with Crippen molar-refractivity contribution in [1.82, 2.24) is 10.2 Å². The number of hydrogen-bond acceptors (Lipinski definition) is 6. The molecule has 0 atom stereocenters. The first-order valence-electron chi connectivity index (χ1n) is 6.53. The lowest BCUT2D eigenvalue weighted by Crippen LogP contribution is -2.49. The Morgan fingerprint density at radius 3 is 2.62 bits per heavy atom. The minimum atomic E-state index is -0.722. The Kier molecular flexibility index (Phi) is 4.53. The number of amides is 2. The van der Waals surface area contributed by atoms with Gasteiger partial charge >= 0.3 is 5.88 Å². The van der Waals surface area contributed by atoms with Crippen molar-refractivity contribution in [2.45, 2.75) is 18.9 Å². The largest absolute Gasteiger partial charge is 0.433 e. The van der Waals surface area contributed by atoms with Gasteiger partial charge in [0.1, 0.15) is 11.5 Å². The van der Waals surface area contributed by atoms with E-state index < -0.39 is 22.6 Å². The fourth-order valence-electron chi connectivity index (χ4n) is 2.34. The third-order valence-electron chi connectivity index (χ3n) is 3.32. The molecule has 0 aromatic carbocycles. The second kappa shape index (κ2) is 6.35. The highest BCUT2D eigenvalue weighted by Gasteiger charge is 2.30. The minimum absolute atomic E-state index is 0.143. The van der Waals surface area contributed by atoms with Crippen LogP contribution < -0.4 is 11.1 Å². The van der Waals surface area contributed by atoms with Crippen molar-refractivity contribution < 1.29 is 18.9 Å². The quantitative estimate of drug-likeness (QED) is 0.574. The molecule has 0 spiro atoms. The third-order valence-corrected chi connectivity index (χ3v) is 3.32. The van der Waals surface area contributed by atoms with Crippen molar-refractivity contribution in [3.8, 4) is 0 Å². The van der Waals surface area contributed by atoms with Crippen LogP contribution in [0.1, 0.15) is 23.4 Å². The number of primary amides is 1. The lowest BCUT2D eigenvalue weighted by atomic mass is 10.0. The first-order valence-corrected chi connectivity index (χ1v) is 6.53. The van der Waals surface area contributed by atoms with E-state index in [1.54, 1.807) is 0 Å². The van der Waals surface area contributed by atoms with Gasteiger partial charge in [-0.25, -0.2) is 0 Å². The molecule has 1 aliphatic rings. The molecule has 21 heavy (non-hydrogen) atoms. The fourth-order valence-corrected chi connectivity index (χ4v) is 2.34. The summed E-state index contributed by atoms with van der Waals surface area (Å²) in [4.78, 5) is 34.8. The highest BCUT2D eigenvalue weighted by atomic mass is 16.6. The van der Waals surface area contributed by atoms with E-state index >= 15 is 0 Å². The van der Waals surface area contributed by atoms with E-state index in [1.807, 2.05) is 0 Å². The van der Waals surface area contributed by atoms with Gasteiger partial charge in [0, 0.05) is 6.04 Å². The zero-order chi connectivity index (χ0) is 15.4. The Labute approximate surface area is 120 Å². The van der Waals surface area contributed by atoms with E-state index in [9.17, 15) is 19.7 Å². The summed E-state index contributed by atoms with van der Waals surface area (Å²) >= 11 is 0. The van der Waals surface area contributed by atoms with Crippen molar-refractivity contribution in [2.24, 2.45) is 5.73 Å². The number of furan rings is 1. The molecule has 0 saturated carbocycles. The number of carbonyl (C=O) groups excluding carboxylic acids is 2. The van der Waals surface area contributed by atoms with Crippen molar-refractivity contribution >= 4 is 17.7 Å². The number of nitrogens with two attached hydrogens (primary N) is 1. The van der Waals surface area contributed by atoms with Gasteiger partial charge in [-0.3, -0.25) is 19.7 Å². The maximum Gasteiger partial charge on any atom is 0.433 e. The first kappa shape index (κ1) is 15.0. The average molecular weight is 296 g/mol. The van der Waals surface area contributed by atoms with E-state index in [0.29, 0.717) is 12.8 Å². The molecule has 2 heterocycles. The number of nitrogens with one attached hydrogen (secondary N) is 1. The van der Waals surface area contributed by atoms with Gasteiger partial charge in [-0.2, -0.15) is 0 Å². The van der Waals surface area contributed by atoms with Crippen molar-refractivity contribution in [1.29, 1.82) is 0 Å². The summed E-state index contributed by atoms with van der Waals surface area (Å²) in [5.74, 6) is -1.87. The fraction of sp³-hybridized carbons (Fsp3) is 0.500. The number of rotatable bonds is 5. The summed E-state index contributed by atoms with van der Waals surface area (Å²) in [7, 11) is 0. The van der Waals surface area contributed by atoms with Crippen LogP contribution in [0.4, 0.5) is 5.88 Å². The topological polar surface area (TPSA) is 132 Å². The maximum atomic E-state index is 12.4. The molecule has 1 fully saturated rings. The van der Waals surface area contributed by atoms with Crippen LogP contribution in [0.25, 0.3) is 0 Å². The van der Waals surface area contributed by atoms with E-state index in [0.717, 1.165) is 19.2 Å². The molecule has 1 aliphatic heterocycles. The second-order valence-corrected chi connectivity index (χ2v) is 4.78. The van der Waals surface area contributed by atoms with Crippen LogP contribution >= 0.6 is 0 Å². The Morgan fingerprint density at radius 2 is 2.10 bits per heavy atom. The number of nitrogens with zero attached hydrogens (tertiary/aromatic N) is 2. The van der Waals surface area contributed by atoms with E-state index in [1.165, 1.54) is 11.0 Å². The van der Waals surface area contributed by atoms with Crippen LogP contribution in [0.3, 0.4) is 0 Å². The molecule has 0 bridgehead atoms. The summed E-state index contributed by atoms with van der Waals surface area (Å²) in [5, 5.41) is 13.7. The summed E-state index contributed by atoms with van der Waals surface area (Å²) in [6.45, 7) is 1.22. The molecule has 1 aromatic heterocycles. The highest BCUT2D eigenvalue weighted by Crippen LogP contribution is 2.20. The molecule has 9 heteroatoms. The smallest absolute Gasteiger partial charge is 0.395 e. The zero-order valence-electron chi connectivity index (χ0n) is 11.3. The number of hydrogen-bond donors (Lipinski definition) is 2. The summed E-state index contributed by atoms with van der Waals surface area (Å²) in [6.07, 6.45) is 1.36. The van der Waals surface area contributed by atoms with Crippen LogP contribution in [0.2, 0.25) is 0 Å². The lowest BCUT2D eigenvalue weighted by molar-refractivity contribution is -0.402. The number of piperidine rings is 1. The molecular weight excluding hydrogens is 280 g/mol. The molecule has 1 saturated heterocycles. The highest BCUT2D eigenvalue weighted by molar-refractivity contribution is 5.94. The Bertz CT molecular complexity index is 550. The number of carbonyl (C=O) groups is 2. The normalized spacial score (nSPS) is 15.6. The van der Waals surface area contributed by atoms with E-state index in [-0.39, 0.29) is 18.3 Å². The van der Waals surface area contributed by atoms with Crippen LogP contribution in [-0.4, -0.2) is 47.3 Å². The standard InChI is InChI=1S/C12H16N4O5/c13-10(17)7-15(8-3-5-14-6-4-8)12(18)9-1-2-11(21-9)16(19)20/h1-2,8,14H,3-7H2,(H2,13,17). The molecule has 2 rings (SSSR count). The lowest BCUT2D eigenvalue weighted by Gasteiger charge is -2.33. The van der Waals surface area contributed by atoms with Crippen molar-refractivity contribution in [3.63, 3.8) is 0 Å². The SMILES string of the molecule is NC(=O)CN(C(=O)c1ccc([N+](=O)[O-])o1)C1CCNCC1. The third kappa shape index (κ3) is 3.57. The molecule has 1 aromatic rings. The van der Waals surface area contributed by atoms with Gasteiger partial charge in [0.15, 0.2) is 5.76 Å². The Morgan fingerprint density at radius 1 is 1.43 bits per heavy atom. The molecular formula is C12H16N4O5. The van der Waals surface area contributed by atoms with Gasteiger partial charge in [-0.15, -0.1) is 0 Å². The van der Waals surface area contributed by atoms with Crippen molar-refractivity contribution in [2.75, 3.05) is 19.6 Å². The van der Waals surface area contributed by atoms with Gasteiger partial charge in [0.25, 0.3) is 5.91 Å².